The number of rotatable bonds is 5. The summed E-state index contributed by atoms with van der Waals surface area (Å²) in [6, 6.07) is 7.03. The number of hydrogen-bond acceptors (Lipinski definition) is 6. The first-order valence-corrected chi connectivity index (χ1v) is 10.1. The molecule has 0 bridgehead atoms. The van der Waals surface area contributed by atoms with E-state index in [-0.39, 0.29) is 5.97 Å². The van der Waals surface area contributed by atoms with Crippen LogP contribution in [-0.2, 0) is 14.3 Å². The molecule has 2 fully saturated rings. The molecule has 1 aromatic carbocycles. The van der Waals surface area contributed by atoms with Crippen LogP contribution >= 0.6 is 0 Å². The van der Waals surface area contributed by atoms with Gasteiger partial charge in [-0.2, -0.15) is 0 Å². The van der Waals surface area contributed by atoms with Crippen molar-refractivity contribution in [2.75, 3.05) is 13.7 Å². The molecular formula is C22H31NO5. The molecule has 0 amide bonds. The predicted molar refractivity (Wildman–Crippen MR) is 105 cm³/mol. The maximum atomic E-state index is 13.0. The van der Waals surface area contributed by atoms with Gasteiger partial charge in [0.25, 0.3) is 6.23 Å². The van der Waals surface area contributed by atoms with Gasteiger partial charge in [-0.3, -0.25) is 4.90 Å². The minimum Gasteiger partial charge on any atom is -0.465 e. The summed E-state index contributed by atoms with van der Waals surface area (Å²) < 4.78 is 16.5. The van der Waals surface area contributed by atoms with Crippen molar-refractivity contribution in [3.63, 3.8) is 0 Å². The standard InChI is InChI=1S/C22H31NO5/c1-22(2,3)28-21(25)19(23-14-13-15-7-5-6-8-18(15)23)27-17-11-9-16(10-12-17)20(24)26-4/h9-12,15,18-19H,5-8,13-14H2,1-4H3. The summed E-state index contributed by atoms with van der Waals surface area (Å²) in [7, 11) is 1.35. The van der Waals surface area contributed by atoms with E-state index in [1.807, 2.05) is 20.8 Å². The van der Waals surface area contributed by atoms with Gasteiger partial charge in [-0.05, 0) is 70.2 Å². The van der Waals surface area contributed by atoms with Crippen LogP contribution in [-0.4, -0.2) is 48.4 Å². The third-order valence-corrected chi connectivity index (χ3v) is 5.49. The SMILES string of the molecule is COC(=O)c1ccc(OC(C(=O)OC(C)(C)C)N2CCC3CCCCC32)cc1. The number of hydrogen-bond donors (Lipinski definition) is 0. The first-order chi connectivity index (χ1) is 13.3. The van der Waals surface area contributed by atoms with Crippen molar-refractivity contribution in [3.05, 3.63) is 29.8 Å². The van der Waals surface area contributed by atoms with E-state index in [0.717, 1.165) is 19.4 Å². The van der Waals surface area contributed by atoms with Crippen molar-refractivity contribution in [3.8, 4) is 5.75 Å². The van der Waals surface area contributed by atoms with Gasteiger partial charge in [0.1, 0.15) is 11.4 Å². The number of esters is 2. The van der Waals surface area contributed by atoms with Crippen molar-refractivity contribution in [1.29, 1.82) is 0 Å². The number of nitrogens with zero attached hydrogens (tertiary/aromatic N) is 1. The van der Waals surface area contributed by atoms with Gasteiger partial charge in [-0.25, -0.2) is 9.59 Å². The molecule has 3 unspecified atom stereocenters. The Bertz CT molecular complexity index is 694. The van der Waals surface area contributed by atoms with Crippen LogP contribution in [0.5, 0.6) is 5.75 Å². The lowest BCUT2D eigenvalue weighted by atomic mass is 9.85. The van der Waals surface area contributed by atoms with Gasteiger partial charge in [0.2, 0.25) is 0 Å². The van der Waals surface area contributed by atoms with E-state index >= 15 is 0 Å². The quantitative estimate of drug-likeness (QED) is 0.714. The van der Waals surface area contributed by atoms with Crippen molar-refractivity contribution in [2.24, 2.45) is 5.92 Å². The molecule has 6 heteroatoms. The molecule has 0 spiro atoms. The molecule has 0 aromatic heterocycles. The number of ether oxygens (including phenoxy) is 3. The molecule has 6 nitrogen and oxygen atoms in total. The maximum Gasteiger partial charge on any atom is 0.363 e. The fraction of sp³-hybridized carbons (Fsp3) is 0.636. The highest BCUT2D eigenvalue weighted by atomic mass is 16.6. The van der Waals surface area contributed by atoms with E-state index in [1.54, 1.807) is 24.3 Å². The maximum absolute atomic E-state index is 13.0. The smallest absolute Gasteiger partial charge is 0.363 e. The van der Waals surface area contributed by atoms with Crippen molar-refractivity contribution in [1.82, 2.24) is 4.90 Å². The normalized spacial score (nSPS) is 23.6. The van der Waals surface area contributed by atoms with Crippen LogP contribution in [0.4, 0.5) is 0 Å². The lowest BCUT2D eigenvalue weighted by Gasteiger charge is -2.36. The number of carbonyl (C=O) groups excluding carboxylic acids is 2. The fourth-order valence-electron chi connectivity index (χ4n) is 4.25. The van der Waals surface area contributed by atoms with Crippen LogP contribution in [0, 0.1) is 5.92 Å². The Morgan fingerprint density at radius 1 is 1.07 bits per heavy atom. The number of likely N-dealkylation sites (tertiary alicyclic amines) is 1. The van der Waals surface area contributed by atoms with Crippen LogP contribution in [0.15, 0.2) is 24.3 Å². The van der Waals surface area contributed by atoms with E-state index < -0.39 is 17.8 Å². The first kappa shape index (κ1) is 20.6. The Morgan fingerprint density at radius 2 is 1.75 bits per heavy atom. The average molecular weight is 389 g/mol. The lowest BCUT2D eigenvalue weighted by molar-refractivity contribution is -0.174. The molecule has 0 radical (unpaired) electrons. The molecule has 3 atom stereocenters. The van der Waals surface area contributed by atoms with Crippen LogP contribution in [0.2, 0.25) is 0 Å². The summed E-state index contributed by atoms with van der Waals surface area (Å²) in [6.07, 6.45) is 5.07. The Hall–Kier alpha value is -2.08. The summed E-state index contributed by atoms with van der Waals surface area (Å²) in [5.74, 6) is 0.391. The molecule has 1 aromatic rings. The largest absolute Gasteiger partial charge is 0.465 e. The number of fused-ring (bicyclic) bond motifs is 1. The van der Waals surface area contributed by atoms with Gasteiger partial charge in [0.15, 0.2) is 0 Å². The van der Waals surface area contributed by atoms with Crippen molar-refractivity contribution < 1.29 is 23.8 Å². The molecular weight excluding hydrogens is 358 g/mol. The molecule has 1 heterocycles. The third-order valence-electron chi connectivity index (χ3n) is 5.49. The Morgan fingerprint density at radius 3 is 2.39 bits per heavy atom. The Balaban J connectivity index is 1.80. The highest BCUT2D eigenvalue weighted by Crippen LogP contribution is 2.38. The molecule has 0 N–H and O–H groups in total. The van der Waals surface area contributed by atoms with Gasteiger partial charge in [-0.1, -0.05) is 12.8 Å². The van der Waals surface area contributed by atoms with Crippen molar-refractivity contribution in [2.45, 2.75) is 70.7 Å². The van der Waals surface area contributed by atoms with E-state index in [1.165, 1.54) is 26.4 Å². The van der Waals surface area contributed by atoms with E-state index in [2.05, 4.69) is 4.90 Å². The molecule has 154 valence electrons. The average Bonchev–Trinajstić information content (AvgIpc) is 3.08. The molecule has 3 rings (SSSR count). The van der Waals surface area contributed by atoms with Gasteiger partial charge < -0.3 is 14.2 Å². The first-order valence-electron chi connectivity index (χ1n) is 10.1. The predicted octanol–water partition coefficient (Wildman–Crippen LogP) is 3.78. The molecule has 1 saturated carbocycles. The fourth-order valence-corrected chi connectivity index (χ4v) is 4.25. The third kappa shape index (κ3) is 4.85. The second-order valence-corrected chi connectivity index (χ2v) is 8.66. The zero-order valence-corrected chi connectivity index (χ0v) is 17.3. The van der Waals surface area contributed by atoms with E-state index in [0.29, 0.717) is 23.3 Å². The molecule has 1 aliphatic carbocycles. The molecule has 1 aliphatic heterocycles. The zero-order chi connectivity index (χ0) is 20.3. The monoisotopic (exact) mass is 389 g/mol. The summed E-state index contributed by atoms with van der Waals surface area (Å²) in [6.45, 7) is 6.42. The second-order valence-electron chi connectivity index (χ2n) is 8.66. The zero-order valence-electron chi connectivity index (χ0n) is 17.3. The minimum atomic E-state index is -0.781. The van der Waals surface area contributed by atoms with Crippen LogP contribution < -0.4 is 4.74 Å². The second kappa shape index (κ2) is 8.52. The Kier molecular flexibility index (Phi) is 6.28. The van der Waals surface area contributed by atoms with Crippen molar-refractivity contribution >= 4 is 11.9 Å². The van der Waals surface area contributed by atoms with Crippen LogP contribution in [0.25, 0.3) is 0 Å². The van der Waals surface area contributed by atoms with Gasteiger partial charge >= 0.3 is 11.9 Å². The molecule has 28 heavy (non-hydrogen) atoms. The van der Waals surface area contributed by atoms with Gasteiger partial charge in [0.05, 0.1) is 12.7 Å². The summed E-state index contributed by atoms with van der Waals surface area (Å²) in [5.41, 5.74) is -0.142. The minimum absolute atomic E-state index is 0.362. The van der Waals surface area contributed by atoms with Gasteiger partial charge in [-0.15, -0.1) is 0 Å². The highest BCUT2D eigenvalue weighted by molar-refractivity contribution is 5.89. The van der Waals surface area contributed by atoms with E-state index in [4.69, 9.17) is 14.2 Å². The Labute approximate surface area is 167 Å². The number of carbonyl (C=O) groups is 2. The number of benzene rings is 1. The summed E-state index contributed by atoms with van der Waals surface area (Å²) in [5, 5.41) is 0. The van der Waals surface area contributed by atoms with E-state index in [9.17, 15) is 9.59 Å². The topological polar surface area (TPSA) is 65.1 Å². The van der Waals surface area contributed by atoms with Crippen LogP contribution in [0.3, 0.4) is 0 Å². The summed E-state index contributed by atoms with van der Waals surface area (Å²) >= 11 is 0. The highest BCUT2D eigenvalue weighted by Gasteiger charge is 2.44. The molecule has 2 aliphatic rings. The molecule has 1 saturated heterocycles. The van der Waals surface area contributed by atoms with Gasteiger partial charge in [0, 0.05) is 12.6 Å². The lowest BCUT2D eigenvalue weighted by Crippen LogP contribution is -2.51. The number of methoxy groups -OCH3 is 1. The van der Waals surface area contributed by atoms with Crippen LogP contribution in [0.1, 0.15) is 63.2 Å². The summed E-state index contributed by atoms with van der Waals surface area (Å²) in [4.78, 5) is 26.8.